The fourth-order valence-corrected chi connectivity index (χ4v) is 5.21. The molecule has 0 aliphatic rings. The van der Waals surface area contributed by atoms with Crippen LogP contribution in [0.15, 0.2) is 12.2 Å². The van der Waals surface area contributed by atoms with E-state index < -0.39 is 0 Å². The summed E-state index contributed by atoms with van der Waals surface area (Å²) in [6.45, 7) is 4.54. The third-order valence-electron chi connectivity index (χ3n) is 7.85. The van der Waals surface area contributed by atoms with Gasteiger partial charge in [-0.3, -0.25) is 9.59 Å². The standard InChI is InChI=1S/C36H68O3.Ca.Li.3H/c1-3-5-7-9-11-13-15-17-19-21-23-25-27-29-31-33-35(37)39-36(38)34-32-30-28-26-24-22-20-18-16-14-12-10-8-6-4-2;;;;;/h17,19H,3-16,18,20-34H2,1-2H3;;;;;/b19-17-;;;;;. The van der Waals surface area contributed by atoms with Gasteiger partial charge in [-0.2, -0.15) is 0 Å². The van der Waals surface area contributed by atoms with Crippen LogP contribution in [0.3, 0.4) is 0 Å². The molecule has 0 aliphatic heterocycles. The number of hydrogen-bond donors (Lipinski definition) is 0. The normalized spacial score (nSPS) is 10.9. The summed E-state index contributed by atoms with van der Waals surface area (Å²) in [5.74, 6) is -0.666. The third kappa shape index (κ3) is 40.7. The Morgan fingerprint density at radius 1 is 0.415 bits per heavy atom. The van der Waals surface area contributed by atoms with E-state index in [-0.39, 0.29) is 68.5 Å². The third-order valence-corrected chi connectivity index (χ3v) is 7.85. The van der Waals surface area contributed by atoms with Crippen molar-refractivity contribution >= 4 is 68.5 Å². The van der Waals surface area contributed by atoms with Crippen LogP contribution in [-0.2, 0) is 14.3 Å². The van der Waals surface area contributed by atoms with E-state index in [1.165, 1.54) is 148 Å². The van der Waals surface area contributed by atoms with Crippen LogP contribution in [0.25, 0.3) is 0 Å². The molecule has 41 heavy (non-hydrogen) atoms. The van der Waals surface area contributed by atoms with Crippen LogP contribution < -0.4 is 0 Å². The Hall–Kier alpha value is 0.737. The van der Waals surface area contributed by atoms with Crippen LogP contribution >= 0.6 is 0 Å². The van der Waals surface area contributed by atoms with E-state index in [1.54, 1.807) is 0 Å². The van der Waals surface area contributed by atoms with Gasteiger partial charge in [0.2, 0.25) is 0 Å². The van der Waals surface area contributed by atoms with Gasteiger partial charge >= 0.3 is 68.5 Å². The number of ether oxygens (including phenoxy) is 1. The van der Waals surface area contributed by atoms with Crippen molar-refractivity contribution < 1.29 is 14.3 Å². The number of carbonyl (C=O) groups excluding carboxylic acids is 2. The van der Waals surface area contributed by atoms with Gasteiger partial charge in [-0.25, -0.2) is 0 Å². The first-order valence-corrected chi connectivity index (χ1v) is 17.6. The van der Waals surface area contributed by atoms with Crippen LogP contribution in [-0.4, -0.2) is 68.5 Å². The van der Waals surface area contributed by atoms with E-state index in [0.29, 0.717) is 12.8 Å². The molecule has 0 aliphatic carbocycles. The minimum atomic E-state index is -0.335. The van der Waals surface area contributed by atoms with Gasteiger partial charge in [-0.1, -0.05) is 167 Å². The van der Waals surface area contributed by atoms with Gasteiger partial charge in [0.25, 0.3) is 0 Å². The van der Waals surface area contributed by atoms with Gasteiger partial charge in [0.05, 0.1) is 0 Å². The van der Waals surface area contributed by atoms with E-state index in [0.717, 1.165) is 32.1 Å². The summed E-state index contributed by atoms with van der Waals surface area (Å²) in [6, 6.07) is 0. The second-order valence-corrected chi connectivity index (χ2v) is 11.9. The predicted octanol–water partition coefficient (Wildman–Crippen LogP) is 10.8. The van der Waals surface area contributed by atoms with Crippen LogP contribution in [0.1, 0.15) is 206 Å². The Kier molecular flexibility index (Phi) is 45.9. The van der Waals surface area contributed by atoms with Crippen molar-refractivity contribution in [3.8, 4) is 0 Å². The number of rotatable bonds is 31. The maximum absolute atomic E-state index is 11.9. The van der Waals surface area contributed by atoms with Gasteiger partial charge in [0.15, 0.2) is 0 Å². The van der Waals surface area contributed by atoms with Crippen molar-refractivity contribution in [2.24, 2.45) is 0 Å². The molecular formula is C36H71CaLiO3. The van der Waals surface area contributed by atoms with Crippen molar-refractivity contribution in [2.75, 3.05) is 0 Å². The summed E-state index contributed by atoms with van der Waals surface area (Å²) in [4.78, 5) is 23.8. The molecule has 0 heterocycles. The molecule has 5 heteroatoms. The van der Waals surface area contributed by atoms with Gasteiger partial charge in [0, 0.05) is 12.8 Å². The Morgan fingerprint density at radius 2 is 0.659 bits per heavy atom. The SMILES string of the molecule is CCCCCCCC/C=C\CCCCCCCC(=O)OC(=O)CCCCCCCCCCCCCCCCC.[CaH2].[LiH]. The average molecular weight is 599 g/mol. The average Bonchev–Trinajstić information content (AvgIpc) is 2.93. The molecule has 0 fully saturated rings. The fraction of sp³-hybridized carbons (Fsp3) is 0.889. The minimum absolute atomic E-state index is 0. The number of carbonyl (C=O) groups is 2. The molecule has 0 radical (unpaired) electrons. The second kappa shape index (κ2) is 40.7. The van der Waals surface area contributed by atoms with Gasteiger partial charge < -0.3 is 4.74 Å². The monoisotopic (exact) mass is 599 g/mol. The Labute approximate surface area is 299 Å². The second-order valence-electron chi connectivity index (χ2n) is 11.9. The molecule has 0 rings (SSSR count). The van der Waals surface area contributed by atoms with E-state index in [4.69, 9.17) is 4.74 Å². The molecule has 0 amide bonds. The number of allylic oxidation sites excluding steroid dienone is 2. The van der Waals surface area contributed by atoms with Crippen molar-refractivity contribution in [1.82, 2.24) is 0 Å². The molecule has 0 saturated carbocycles. The molecular weight excluding hydrogens is 527 g/mol. The summed E-state index contributed by atoms with van der Waals surface area (Å²) in [7, 11) is 0. The summed E-state index contributed by atoms with van der Waals surface area (Å²) >= 11 is 0. The van der Waals surface area contributed by atoms with E-state index >= 15 is 0 Å². The zero-order valence-corrected chi connectivity index (χ0v) is 26.6. The molecule has 0 unspecified atom stereocenters. The number of hydrogen-bond acceptors (Lipinski definition) is 3. The zero-order valence-electron chi connectivity index (χ0n) is 26.6. The molecule has 236 valence electrons. The van der Waals surface area contributed by atoms with Crippen molar-refractivity contribution in [1.29, 1.82) is 0 Å². The summed E-state index contributed by atoms with van der Waals surface area (Å²) in [5.41, 5.74) is 0. The molecule has 0 aromatic carbocycles. The molecule has 0 spiro atoms. The van der Waals surface area contributed by atoms with Gasteiger partial charge in [-0.15, -0.1) is 0 Å². The van der Waals surface area contributed by atoms with Crippen LogP contribution in [0, 0.1) is 0 Å². The molecule has 0 aromatic rings. The fourth-order valence-electron chi connectivity index (χ4n) is 5.21. The molecule has 0 saturated heterocycles. The number of unbranched alkanes of at least 4 members (excludes halogenated alkanes) is 25. The van der Waals surface area contributed by atoms with Crippen LogP contribution in [0.2, 0.25) is 0 Å². The van der Waals surface area contributed by atoms with E-state index in [9.17, 15) is 9.59 Å². The molecule has 0 aromatic heterocycles. The zero-order chi connectivity index (χ0) is 28.5. The van der Waals surface area contributed by atoms with Gasteiger partial charge in [-0.05, 0) is 38.5 Å². The first-order valence-electron chi connectivity index (χ1n) is 17.6. The maximum atomic E-state index is 11.9. The molecule has 0 N–H and O–H groups in total. The summed E-state index contributed by atoms with van der Waals surface area (Å²) in [5, 5.41) is 0. The first kappa shape index (κ1) is 46.2. The first-order chi connectivity index (χ1) is 19.2. The van der Waals surface area contributed by atoms with E-state index in [2.05, 4.69) is 26.0 Å². The van der Waals surface area contributed by atoms with Crippen molar-refractivity contribution in [3.05, 3.63) is 12.2 Å². The number of esters is 2. The topological polar surface area (TPSA) is 43.4 Å². The quantitative estimate of drug-likeness (QED) is 0.0262. The molecule has 0 atom stereocenters. The predicted molar refractivity (Wildman–Crippen MR) is 186 cm³/mol. The Bertz CT molecular complexity index is 553. The Morgan fingerprint density at radius 3 is 0.951 bits per heavy atom. The van der Waals surface area contributed by atoms with Crippen LogP contribution in [0.5, 0.6) is 0 Å². The van der Waals surface area contributed by atoms with Crippen molar-refractivity contribution in [2.45, 2.75) is 206 Å². The van der Waals surface area contributed by atoms with Crippen LogP contribution in [0.4, 0.5) is 0 Å². The summed E-state index contributed by atoms with van der Waals surface area (Å²) in [6.07, 6.45) is 41.2. The summed E-state index contributed by atoms with van der Waals surface area (Å²) < 4.78 is 5.00. The Balaban J connectivity index is -0.00000722. The molecule has 3 nitrogen and oxygen atoms in total. The van der Waals surface area contributed by atoms with Gasteiger partial charge in [0.1, 0.15) is 0 Å². The molecule has 0 bridgehead atoms. The van der Waals surface area contributed by atoms with Crippen molar-refractivity contribution in [3.63, 3.8) is 0 Å². The van der Waals surface area contributed by atoms with E-state index in [1.807, 2.05) is 0 Å².